The second kappa shape index (κ2) is 7.26. The van der Waals surface area contributed by atoms with Crippen molar-refractivity contribution in [1.82, 2.24) is 10.2 Å². The standard InChI is InChI=1S/C15H22N2O3/c1-20-14-6-2-4-12(8-14)9-16-15(19)10-17-7-3-5-13(17)11-18/h2,4,6,8,13,18H,3,5,7,9-11H2,1H3,(H,16,19). The molecule has 1 amide bonds. The second-order valence-electron chi connectivity index (χ2n) is 5.08. The molecule has 2 N–H and O–H groups in total. The quantitative estimate of drug-likeness (QED) is 0.807. The van der Waals surface area contributed by atoms with Crippen molar-refractivity contribution in [2.75, 3.05) is 26.8 Å². The van der Waals surface area contributed by atoms with Gasteiger partial charge < -0.3 is 15.2 Å². The Hall–Kier alpha value is -1.59. The Morgan fingerprint density at radius 2 is 2.40 bits per heavy atom. The van der Waals surface area contributed by atoms with E-state index in [2.05, 4.69) is 5.32 Å². The Kier molecular flexibility index (Phi) is 5.38. The fourth-order valence-electron chi connectivity index (χ4n) is 2.53. The Bertz CT molecular complexity index is 450. The minimum atomic E-state index is -0.00632. The number of aliphatic hydroxyl groups is 1. The van der Waals surface area contributed by atoms with Crippen LogP contribution in [0.15, 0.2) is 24.3 Å². The lowest BCUT2D eigenvalue weighted by Gasteiger charge is -2.21. The minimum absolute atomic E-state index is 0.00632. The molecule has 1 unspecified atom stereocenters. The predicted octanol–water partition coefficient (Wildman–Crippen LogP) is 0.768. The summed E-state index contributed by atoms with van der Waals surface area (Å²) in [6.07, 6.45) is 2.02. The number of methoxy groups -OCH3 is 1. The number of benzene rings is 1. The van der Waals surface area contributed by atoms with Gasteiger partial charge in [-0.1, -0.05) is 12.1 Å². The van der Waals surface area contributed by atoms with Gasteiger partial charge in [0.05, 0.1) is 20.3 Å². The zero-order valence-corrected chi connectivity index (χ0v) is 11.8. The van der Waals surface area contributed by atoms with Crippen molar-refractivity contribution in [3.05, 3.63) is 29.8 Å². The highest BCUT2D eigenvalue weighted by atomic mass is 16.5. The largest absolute Gasteiger partial charge is 0.497 e. The van der Waals surface area contributed by atoms with Gasteiger partial charge in [-0.15, -0.1) is 0 Å². The molecule has 0 spiro atoms. The number of carbonyl (C=O) groups excluding carboxylic acids is 1. The molecule has 20 heavy (non-hydrogen) atoms. The Morgan fingerprint density at radius 1 is 1.55 bits per heavy atom. The lowest BCUT2D eigenvalue weighted by Crippen LogP contribution is -2.40. The third-order valence-electron chi connectivity index (χ3n) is 3.68. The molecule has 1 saturated heterocycles. The van der Waals surface area contributed by atoms with Crippen molar-refractivity contribution in [1.29, 1.82) is 0 Å². The molecule has 110 valence electrons. The number of hydrogen-bond acceptors (Lipinski definition) is 4. The SMILES string of the molecule is COc1cccc(CNC(=O)CN2CCCC2CO)c1. The molecule has 1 aromatic carbocycles. The van der Waals surface area contributed by atoms with Crippen LogP contribution in [0.4, 0.5) is 0 Å². The number of amides is 1. The number of rotatable bonds is 6. The maximum atomic E-state index is 11.9. The second-order valence-corrected chi connectivity index (χ2v) is 5.08. The monoisotopic (exact) mass is 278 g/mol. The maximum absolute atomic E-state index is 11.9. The van der Waals surface area contributed by atoms with Gasteiger partial charge in [0.2, 0.25) is 5.91 Å². The number of hydrogen-bond donors (Lipinski definition) is 2. The van der Waals surface area contributed by atoms with Crippen LogP contribution >= 0.6 is 0 Å². The first-order valence-electron chi connectivity index (χ1n) is 6.97. The molecule has 1 aromatic rings. The average Bonchev–Trinajstić information content (AvgIpc) is 2.92. The number of nitrogens with one attached hydrogen (secondary N) is 1. The molecule has 1 aliphatic heterocycles. The first-order valence-corrected chi connectivity index (χ1v) is 6.97. The van der Waals surface area contributed by atoms with Gasteiger partial charge in [-0.2, -0.15) is 0 Å². The van der Waals surface area contributed by atoms with Gasteiger partial charge in [0.1, 0.15) is 5.75 Å². The van der Waals surface area contributed by atoms with Crippen LogP contribution < -0.4 is 10.1 Å². The zero-order valence-electron chi connectivity index (χ0n) is 11.8. The van der Waals surface area contributed by atoms with E-state index in [-0.39, 0.29) is 18.6 Å². The first kappa shape index (κ1) is 14.8. The van der Waals surface area contributed by atoms with E-state index < -0.39 is 0 Å². The first-order chi connectivity index (χ1) is 9.72. The molecule has 1 fully saturated rings. The number of aliphatic hydroxyl groups excluding tert-OH is 1. The molecule has 5 heteroatoms. The Labute approximate surface area is 119 Å². The summed E-state index contributed by atoms with van der Waals surface area (Å²) in [5.74, 6) is 0.782. The van der Waals surface area contributed by atoms with Gasteiger partial charge in [-0.3, -0.25) is 9.69 Å². The molecular weight excluding hydrogens is 256 g/mol. The van der Waals surface area contributed by atoms with Gasteiger partial charge in [0, 0.05) is 12.6 Å². The summed E-state index contributed by atoms with van der Waals surface area (Å²) < 4.78 is 5.15. The summed E-state index contributed by atoms with van der Waals surface area (Å²) in [5.41, 5.74) is 1.01. The third kappa shape index (κ3) is 3.95. The van der Waals surface area contributed by atoms with E-state index in [0.29, 0.717) is 13.1 Å². The molecule has 0 bridgehead atoms. The summed E-state index contributed by atoms with van der Waals surface area (Å²) in [5, 5.41) is 12.1. The fraction of sp³-hybridized carbons (Fsp3) is 0.533. The highest BCUT2D eigenvalue weighted by Gasteiger charge is 2.25. The normalized spacial score (nSPS) is 19.0. The molecule has 5 nitrogen and oxygen atoms in total. The Balaban J connectivity index is 1.79. The third-order valence-corrected chi connectivity index (χ3v) is 3.68. The lowest BCUT2D eigenvalue weighted by atomic mass is 10.2. The van der Waals surface area contributed by atoms with E-state index in [1.54, 1.807) is 7.11 Å². The van der Waals surface area contributed by atoms with E-state index in [9.17, 15) is 9.90 Å². The van der Waals surface area contributed by atoms with Gasteiger partial charge in [-0.25, -0.2) is 0 Å². The van der Waals surface area contributed by atoms with Crippen molar-refractivity contribution in [2.45, 2.75) is 25.4 Å². The van der Waals surface area contributed by atoms with Crippen LogP contribution in [-0.2, 0) is 11.3 Å². The van der Waals surface area contributed by atoms with E-state index >= 15 is 0 Å². The topological polar surface area (TPSA) is 61.8 Å². The average molecular weight is 278 g/mol. The Morgan fingerprint density at radius 3 is 3.15 bits per heavy atom. The van der Waals surface area contributed by atoms with Crippen LogP contribution in [0.3, 0.4) is 0 Å². The van der Waals surface area contributed by atoms with Gasteiger partial charge in [0.15, 0.2) is 0 Å². The molecule has 1 heterocycles. The molecule has 0 saturated carbocycles. The van der Waals surface area contributed by atoms with E-state index in [0.717, 1.165) is 30.7 Å². The van der Waals surface area contributed by atoms with Crippen molar-refractivity contribution in [3.8, 4) is 5.75 Å². The van der Waals surface area contributed by atoms with Crippen LogP contribution in [0.25, 0.3) is 0 Å². The van der Waals surface area contributed by atoms with Crippen molar-refractivity contribution >= 4 is 5.91 Å². The summed E-state index contributed by atoms with van der Waals surface area (Å²) in [4.78, 5) is 14.0. The fourth-order valence-corrected chi connectivity index (χ4v) is 2.53. The number of carbonyl (C=O) groups is 1. The number of nitrogens with zero attached hydrogens (tertiary/aromatic N) is 1. The minimum Gasteiger partial charge on any atom is -0.497 e. The summed E-state index contributed by atoms with van der Waals surface area (Å²) >= 11 is 0. The van der Waals surface area contributed by atoms with Gasteiger partial charge in [-0.05, 0) is 37.1 Å². The van der Waals surface area contributed by atoms with Crippen LogP contribution in [0.2, 0.25) is 0 Å². The molecular formula is C15H22N2O3. The molecule has 1 aliphatic rings. The zero-order chi connectivity index (χ0) is 14.4. The van der Waals surface area contributed by atoms with E-state index in [4.69, 9.17) is 4.74 Å². The maximum Gasteiger partial charge on any atom is 0.234 e. The number of likely N-dealkylation sites (tertiary alicyclic amines) is 1. The van der Waals surface area contributed by atoms with Crippen molar-refractivity contribution in [2.24, 2.45) is 0 Å². The highest BCUT2D eigenvalue weighted by molar-refractivity contribution is 5.78. The predicted molar refractivity (Wildman–Crippen MR) is 76.5 cm³/mol. The van der Waals surface area contributed by atoms with Gasteiger partial charge in [0.25, 0.3) is 0 Å². The molecule has 1 atom stereocenters. The molecule has 0 aliphatic carbocycles. The van der Waals surface area contributed by atoms with Crippen molar-refractivity contribution < 1.29 is 14.6 Å². The smallest absolute Gasteiger partial charge is 0.234 e. The lowest BCUT2D eigenvalue weighted by molar-refractivity contribution is -0.122. The molecule has 0 aromatic heterocycles. The molecule has 0 radical (unpaired) electrons. The molecule has 2 rings (SSSR count). The van der Waals surface area contributed by atoms with Crippen LogP contribution in [-0.4, -0.2) is 48.8 Å². The number of ether oxygens (including phenoxy) is 1. The van der Waals surface area contributed by atoms with Crippen LogP contribution in [0.5, 0.6) is 5.75 Å². The van der Waals surface area contributed by atoms with Crippen molar-refractivity contribution in [3.63, 3.8) is 0 Å². The van der Waals surface area contributed by atoms with E-state index in [1.165, 1.54) is 0 Å². The summed E-state index contributed by atoms with van der Waals surface area (Å²) in [6, 6.07) is 7.78. The highest BCUT2D eigenvalue weighted by Crippen LogP contribution is 2.16. The van der Waals surface area contributed by atoms with Crippen LogP contribution in [0, 0.1) is 0 Å². The van der Waals surface area contributed by atoms with Gasteiger partial charge >= 0.3 is 0 Å². The van der Waals surface area contributed by atoms with E-state index in [1.807, 2.05) is 29.2 Å². The summed E-state index contributed by atoms with van der Waals surface area (Å²) in [7, 11) is 1.63. The summed E-state index contributed by atoms with van der Waals surface area (Å²) in [6.45, 7) is 1.86. The van der Waals surface area contributed by atoms with Crippen LogP contribution in [0.1, 0.15) is 18.4 Å².